The van der Waals surface area contributed by atoms with Crippen molar-refractivity contribution >= 4 is 11.4 Å². The summed E-state index contributed by atoms with van der Waals surface area (Å²) in [6.07, 6.45) is 0. The van der Waals surface area contributed by atoms with Gasteiger partial charge in [-0.3, -0.25) is 0 Å². The number of fused-ring (bicyclic) bond motifs is 2. The standard InChI is InChI=1S/C30H36N6/c1-3-7-25(8-4-1)29-19-33-11-12-34(20-29)16-23(15-33)27(29)31-32-28-24-17-35-13-14-36(18-24)22-30(28,21-35)26-9-5-2-6-10-26/h1-10,23-24H,11-22H2/b31-27+,32-28+. The molecule has 6 nitrogen and oxygen atoms in total. The zero-order valence-corrected chi connectivity index (χ0v) is 21.1. The molecule has 0 amide bonds. The molecule has 0 aliphatic carbocycles. The lowest BCUT2D eigenvalue weighted by Crippen LogP contribution is -2.64. The first-order valence-electron chi connectivity index (χ1n) is 13.9. The van der Waals surface area contributed by atoms with Crippen LogP contribution in [0.2, 0.25) is 0 Å². The molecule has 0 aromatic heterocycles. The van der Waals surface area contributed by atoms with E-state index in [4.69, 9.17) is 10.2 Å². The highest BCUT2D eigenvalue weighted by atomic mass is 15.3. The minimum absolute atomic E-state index is 0.0430. The SMILES string of the molecule is c1ccc(C23CN4CCN(CC(C4)/C2=N\N=C2/C4CN5CCN(C4)CC2(c2ccccc2)C5)C3)cc1. The number of hydrogen-bond donors (Lipinski definition) is 0. The quantitative estimate of drug-likeness (QED) is 0.632. The molecule has 8 bridgehead atoms. The van der Waals surface area contributed by atoms with Gasteiger partial charge in [-0.15, -0.1) is 0 Å². The first-order chi connectivity index (χ1) is 17.7. The highest BCUT2D eigenvalue weighted by molar-refractivity contribution is 6.02. The van der Waals surface area contributed by atoms with Crippen LogP contribution in [0.15, 0.2) is 70.9 Å². The van der Waals surface area contributed by atoms with Crippen molar-refractivity contribution in [3.63, 3.8) is 0 Å². The molecule has 8 aliphatic rings. The molecular formula is C30H36N6. The Balaban J connectivity index is 1.28. The summed E-state index contributed by atoms with van der Waals surface area (Å²) in [7, 11) is 0. The van der Waals surface area contributed by atoms with Crippen LogP contribution in [-0.2, 0) is 10.8 Å². The summed E-state index contributed by atoms with van der Waals surface area (Å²) >= 11 is 0. The summed E-state index contributed by atoms with van der Waals surface area (Å²) in [6, 6.07) is 22.4. The van der Waals surface area contributed by atoms with Crippen LogP contribution in [0.5, 0.6) is 0 Å². The van der Waals surface area contributed by atoms with E-state index < -0.39 is 0 Å². The van der Waals surface area contributed by atoms with Gasteiger partial charge in [-0.25, -0.2) is 0 Å². The molecule has 8 aliphatic heterocycles. The molecule has 36 heavy (non-hydrogen) atoms. The monoisotopic (exact) mass is 480 g/mol. The molecule has 8 saturated heterocycles. The second-order valence-corrected chi connectivity index (χ2v) is 12.2. The Hall–Kier alpha value is -2.38. The Bertz CT molecular complexity index is 1080. The number of benzene rings is 2. The smallest absolute Gasteiger partial charge is 0.0612 e. The Labute approximate surface area is 214 Å². The van der Waals surface area contributed by atoms with Crippen LogP contribution in [0.1, 0.15) is 11.1 Å². The molecule has 0 spiro atoms. The van der Waals surface area contributed by atoms with E-state index >= 15 is 0 Å². The fraction of sp³-hybridized carbons (Fsp3) is 0.533. The summed E-state index contributed by atoms with van der Waals surface area (Å²) in [5, 5.41) is 10.7. The van der Waals surface area contributed by atoms with E-state index in [1.165, 1.54) is 48.7 Å². The van der Waals surface area contributed by atoms with Crippen molar-refractivity contribution in [3.05, 3.63) is 71.8 Å². The van der Waals surface area contributed by atoms with Gasteiger partial charge in [0.15, 0.2) is 0 Å². The van der Waals surface area contributed by atoms with Gasteiger partial charge in [0.1, 0.15) is 0 Å². The average Bonchev–Trinajstić information content (AvgIpc) is 3.30. The van der Waals surface area contributed by atoms with E-state index in [1.807, 2.05) is 0 Å². The van der Waals surface area contributed by atoms with Gasteiger partial charge in [-0.05, 0) is 11.1 Å². The zero-order valence-electron chi connectivity index (χ0n) is 21.1. The molecule has 186 valence electrons. The lowest BCUT2D eigenvalue weighted by atomic mass is 9.66. The van der Waals surface area contributed by atoms with Crippen LogP contribution in [0.25, 0.3) is 0 Å². The zero-order chi connectivity index (χ0) is 23.7. The predicted molar refractivity (Wildman–Crippen MR) is 144 cm³/mol. The summed E-state index contributed by atoms with van der Waals surface area (Å²) < 4.78 is 0. The topological polar surface area (TPSA) is 37.7 Å². The minimum Gasteiger partial charge on any atom is -0.300 e. The molecule has 4 unspecified atom stereocenters. The minimum atomic E-state index is -0.0430. The van der Waals surface area contributed by atoms with Gasteiger partial charge in [-0.1, -0.05) is 60.7 Å². The fourth-order valence-corrected chi connectivity index (χ4v) is 8.58. The van der Waals surface area contributed by atoms with Gasteiger partial charge >= 0.3 is 0 Å². The molecule has 6 heteroatoms. The fourth-order valence-electron chi connectivity index (χ4n) is 8.58. The molecule has 2 aromatic carbocycles. The number of hydrogen-bond acceptors (Lipinski definition) is 6. The molecule has 0 N–H and O–H groups in total. The number of nitrogens with zero attached hydrogens (tertiary/aromatic N) is 6. The third kappa shape index (κ3) is 3.18. The van der Waals surface area contributed by atoms with Gasteiger partial charge in [0.05, 0.1) is 22.3 Å². The van der Waals surface area contributed by atoms with Crippen molar-refractivity contribution in [2.24, 2.45) is 22.0 Å². The van der Waals surface area contributed by atoms with Gasteiger partial charge in [0.2, 0.25) is 0 Å². The van der Waals surface area contributed by atoms with Gasteiger partial charge < -0.3 is 19.6 Å². The molecule has 10 rings (SSSR count). The lowest BCUT2D eigenvalue weighted by Gasteiger charge is -2.51. The highest BCUT2D eigenvalue weighted by Crippen LogP contribution is 2.43. The van der Waals surface area contributed by atoms with Crippen LogP contribution in [0.3, 0.4) is 0 Å². The summed E-state index contributed by atoms with van der Waals surface area (Å²) in [4.78, 5) is 10.8. The Morgan fingerprint density at radius 1 is 0.500 bits per heavy atom. The normalized spacial score (nSPS) is 44.8. The molecule has 4 atom stereocenters. The van der Waals surface area contributed by atoms with Crippen molar-refractivity contribution in [3.8, 4) is 0 Å². The average molecular weight is 481 g/mol. The largest absolute Gasteiger partial charge is 0.300 e. The van der Waals surface area contributed by atoms with Crippen molar-refractivity contribution in [2.45, 2.75) is 10.8 Å². The summed E-state index contributed by atoms with van der Waals surface area (Å²) in [5.41, 5.74) is 5.46. The summed E-state index contributed by atoms with van der Waals surface area (Å²) in [5.74, 6) is 0.943. The molecule has 2 aromatic rings. The maximum absolute atomic E-state index is 5.37. The van der Waals surface area contributed by atoms with Crippen molar-refractivity contribution in [2.75, 3.05) is 78.5 Å². The van der Waals surface area contributed by atoms with E-state index in [0.29, 0.717) is 11.8 Å². The molecule has 8 heterocycles. The maximum atomic E-state index is 5.37. The maximum Gasteiger partial charge on any atom is 0.0612 e. The Kier molecular flexibility index (Phi) is 4.85. The van der Waals surface area contributed by atoms with Crippen LogP contribution in [-0.4, -0.2) is 110 Å². The van der Waals surface area contributed by atoms with E-state index in [0.717, 1.165) is 52.4 Å². The number of rotatable bonds is 3. The lowest BCUT2D eigenvalue weighted by molar-refractivity contribution is 0.161. The predicted octanol–water partition coefficient (Wildman–Crippen LogP) is 2.18. The third-order valence-corrected chi connectivity index (χ3v) is 10.0. The number of piperidine rings is 4. The van der Waals surface area contributed by atoms with Gasteiger partial charge in [-0.2, -0.15) is 10.2 Å². The van der Waals surface area contributed by atoms with Crippen LogP contribution < -0.4 is 0 Å². The van der Waals surface area contributed by atoms with Crippen LogP contribution >= 0.6 is 0 Å². The van der Waals surface area contributed by atoms with Crippen molar-refractivity contribution in [1.29, 1.82) is 0 Å². The summed E-state index contributed by atoms with van der Waals surface area (Å²) in [6.45, 7) is 13.5. The Morgan fingerprint density at radius 3 is 1.17 bits per heavy atom. The van der Waals surface area contributed by atoms with Gasteiger partial charge in [0, 0.05) is 90.4 Å². The van der Waals surface area contributed by atoms with Crippen LogP contribution in [0.4, 0.5) is 0 Å². The highest BCUT2D eigenvalue weighted by Gasteiger charge is 2.55. The third-order valence-electron chi connectivity index (χ3n) is 10.0. The Morgan fingerprint density at radius 2 is 0.833 bits per heavy atom. The van der Waals surface area contributed by atoms with E-state index in [-0.39, 0.29) is 10.8 Å². The molecular weight excluding hydrogens is 444 g/mol. The molecule has 8 fully saturated rings. The molecule has 0 saturated carbocycles. The van der Waals surface area contributed by atoms with Crippen molar-refractivity contribution in [1.82, 2.24) is 19.6 Å². The van der Waals surface area contributed by atoms with E-state index in [9.17, 15) is 0 Å². The van der Waals surface area contributed by atoms with Crippen LogP contribution in [0, 0.1) is 11.8 Å². The van der Waals surface area contributed by atoms with Gasteiger partial charge in [0.25, 0.3) is 0 Å². The van der Waals surface area contributed by atoms with E-state index in [2.05, 4.69) is 80.3 Å². The first-order valence-corrected chi connectivity index (χ1v) is 13.9. The molecule has 0 radical (unpaired) electrons. The van der Waals surface area contributed by atoms with E-state index in [1.54, 1.807) is 0 Å². The second-order valence-electron chi connectivity index (χ2n) is 12.2. The second kappa shape index (κ2) is 8.06. The van der Waals surface area contributed by atoms with Crippen molar-refractivity contribution < 1.29 is 0 Å². The first kappa shape index (κ1) is 21.7.